The highest BCUT2D eigenvalue weighted by molar-refractivity contribution is 7.92. The van der Waals surface area contributed by atoms with Crippen LogP contribution in [0.4, 0.5) is 24.7 Å². The second kappa shape index (κ2) is 9.40. The van der Waals surface area contributed by atoms with Crippen molar-refractivity contribution < 1.29 is 21.6 Å². The number of piperidine rings is 1. The molecule has 0 amide bonds. The molecule has 0 bridgehead atoms. The van der Waals surface area contributed by atoms with Crippen LogP contribution in [0.1, 0.15) is 24.0 Å². The number of halogens is 4. The second-order valence-electron chi connectivity index (χ2n) is 8.20. The zero-order valence-corrected chi connectivity index (χ0v) is 19.8. The lowest BCUT2D eigenvalue weighted by atomic mass is 9.74. The summed E-state index contributed by atoms with van der Waals surface area (Å²) < 4.78 is 65.7. The third-order valence-corrected chi connectivity index (χ3v) is 7.70. The number of nitriles is 1. The van der Waals surface area contributed by atoms with Crippen molar-refractivity contribution in [2.45, 2.75) is 29.3 Å². The lowest BCUT2D eigenvalue weighted by molar-refractivity contribution is -0.137. The fourth-order valence-electron chi connectivity index (χ4n) is 4.08. The number of nitrogens with one attached hydrogen (secondary N) is 1. The minimum atomic E-state index is -4.56. The molecule has 0 saturated carbocycles. The van der Waals surface area contributed by atoms with Crippen LogP contribution >= 0.6 is 11.6 Å². The van der Waals surface area contributed by atoms with Crippen LogP contribution in [0.5, 0.6) is 0 Å². The molecule has 0 aliphatic carbocycles. The Kier molecular flexibility index (Phi) is 6.66. The molecule has 1 aliphatic rings. The van der Waals surface area contributed by atoms with Gasteiger partial charge in [0.15, 0.2) is 0 Å². The van der Waals surface area contributed by atoms with E-state index >= 15 is 0 Å². The first-order chi connectivity index (χ1) is 16.5. The Morgan fingerprint density at radius 1 is 1.06 bits per heavy atom. The zero-order valence-electron chi connectivity index (χ0n) is 18.3. The summed E-state index contributed by atoms with van der Waals surface area (Å²) in [5.74, 6) is 0.462. The number of nitrogens with zero attached hydrogens (tertiary/aromatic N) is 3. The van der Waals surface area contributed by atoms with Crippen LogP contribution in [0.3, 0.4) is 0 Å². The van der Waals surface area contributed by atoms with Crippen molar-refractivity contribution in [1.82, 2.24) is 4.98 Å². The van der Waals surface area contributed by atoms with Gasteiger partial charge in [0.1, 0.15) is 5.82 Å². The molecule has 11 heteroatoms. The van der Waals surface area contributed by atoms with Crippen LogP contribution in [0.15, 0.2) is 71.8 Å². The number of hydrogen-bond acceptors (Lipinski definition) is 5. The average Bonchev–Trinajstić information content (AvgIpc) is 2.84. The van der Waals surface area contributed by atoms with Gasteiger partial charge in [0.2, 0.25) is 0 Å². The summed E-state index contributed by atoms with van der Waals surface area (Å²) in [4.78, 5) is 5.92. The van der Waals surface area contributed by atoms with Crippen molar-refractivity contribution in [2.75, 3.05) is 22.7 Å². The maximum atomic E-state index is 12.7. The standard InChI is InChI=1S/C24H20ClF3N4O2S/c25-21-14-19(31-35(33,34)20-8-6-18(7-9-20)24(26,27)28)15-30-22(21)32-12-10-23(16-29,11-13-32)17-4-2-1-3-5-17/h1-9,14-15,31H,10-13H2. The lowest BCUT2D eigenvalue weighted by Gasteiger charge is -2.38. The van der Waals surface area contributed by atoms with E-state index in [4.69, 9.17) is 11.6 Å². The Bertz CT molecular complexity index is 1350. The van der Waals surface area contributed by atoms with Crippen molar-refractivity contribution in [3.05, 3.63) is 83.0 Å². The van der Waals surface area contributed by atoms with E-state index in [1.165, 1.54) is 12.3 Å². The summed E-state index contributed by atoms with van der Waals surface area (Å²) in [5.41, 5.74) is -0.498. The van der Waals surface area contributed by atoms with E-state index < -0.39 is 27.2 Å². The quantitative estimate of drug-likeness (QED) is 0.472. The van der Waals surface area contributed by atoms with Gasteiger partial charge in [-0.15, -0.1) is 0 Å². The molecule has 0 radical (unpaired) electrons. The summed E-state index contributed by atoms with van der Waals surface area (Å²) in [7, 11) is -4.15. The van der Waals surface area contributed by atoms with Gasteiger partial charge in [0.25, 0.3) is 10.0 Å². The molecule has 4 rings (SSSR count). The molecule has 0 unspecified atom stereocenters. The first-order valence-corrected chi connectivity index (χ1v) is 12.5. The third kappa shape index (κ3) is 5.21. The monoisotopic (exact) mass is 520 g/mol. The minimum Gasteiger partial charge on any atom is -0.355 e. The van der Waals surface area contributed by atoms with Gasteiger partial charge in [-0.3, -0.25) is 4.72 Å². The van der Waals surface area contributed by atoms with Crippen molar-refractivity contribution in [3.8, 4) is 6.07 Å². The molecule has 1 saturated heterocycles. The van der Waals surface area contributed by atoms with Gasteiger partial charge in [0, 0.05) is 13.1 Å². The largest absolute Gasteiger partial charge is 0.416 e. The molecule has 1 aromatic heterocycles. The fourth-order valence-corrected chi connectivity index (χ4v) is 5.40. The van der Waals surface area contributed by atoms with Crippen LogP contribution in [0.25, 0.3) is 0 Å². The van der Waals surface area contributed by atoms with Crippen molar-refractivity contribution in [3.63, 3.8) is 0 Å². The molecule has 2 aromatic carbocycles. The van der Waals surface area contributed by atoms with Gasteiger partial charge in [0.05, 0.1) is 38.9 Å². The Hall–Kier alpha value is -3.29. The number of benzene rings is 2. The Morgan fingerprint density at radius 3 is 2.23 bits per heavy atom. The maximum Gasteiger partial charge on any atom is 0.416 e. The normalized spacial score (nSPS) is 15.9. The number of anilines is 2. The fraction of sp³-hybridized carbons (Fsp3) is 0.250. The molecule has 1 aliphatic heterocycles. The van der Waals surface area contributed by atoms with E-state index in [0.717, 1.165) is 17.7 Å². The van der Waals surface area contributed by atoms with Crippen molar-refractivity contribution >= 4 is 33.1 Å². The highest BCUT2D eigenvalue weighted by Gasteiger charge is 2.37. The van der Waals surface area contributed by atoms with Gasteiger partial charge in [-0.25, -0.2) is 13.4 Å². The molecule has 35 heavy (non-hydrogen) atoms. The van der Waals surface area contributed by atoms with E-state index in [0.29, 0.717) is 43.9 Å². The average molecular weight is 521 g/mol. The number of hydrogen-bond donors (Lipinski definition) is 1. The highest BCUT2D eigenvalue weighted by Crippen LogP contribution is 2.38. The molecule has 0 spiro atoms. The lowest BCUT2D eigenvalue weighted by Crippen LogP contribution is -2.42. The molecular formula is C24H20ClF3N4O2S. The topological polar surface area (TPSA) is 86.1 Å². The summed E-state index contributed by atoms with van der Waals surface area (Å²) in [6.45, 7) is 1.07. The molecule has 1 N–H and O–H groups in total. The molecule has 2 heterocycles. The summed E-state index contributed by atoms with van der Waals surface area (Å²) in [6, 6.07) is 16.6. The number of sulfonamides is 1. The first-order valence-electron chi connectivity index (χ1n) is 10.6. The Labute approximate surface area is 206 Å². The summed E-state index contributed by atoms with van der Waals surface area (Å²) >= 11 is 6.40. The second-order valence-corrected chi connectivity index (χ2v) is 10.3. The van der Waals surface area contributed by atoms with Crippen LogP contribution in [0.2, 0.25) is 5.02 Å². The molecular weight excluding hydrogens is 501 g/mol. The predicted octanol–water partition coefficient (Wildman–Crippen LogP) is 5.62. The molecule has 3 aromatic rings. The van der Waals surface area contributed by atoms with E-state index in [-0.39, 0.29) is 15.6 Å². The van der Waals surface area contributed by atoms with E-state index in [1.807, 2.05) is 35.2 Å². The first kappa shape index (κ1) is 24.8. The molecule has 6 nitrogen and oxygen atoms in total. The maximum absolute atomic E-state index is 12.7. The zero-order chi connectivity index (χ0) is 25.3. The highest BCUT2D eigenvalue weighted by atomic mass is 35.5. The van der Waals surface area contributed by atoms with Crippen LogP contribution < -0.4 is 9.62 Å². The van der Waals surface area contributed by atoms with Gasteiger partial charge < -0.3 is 4.90 Å². The Morgan fingerprint density at radius 2 is 1.69 bits per heavy atom. The van der Waals surface area contributed by atoms with Crippen molar-refractivity contribution in [1.29, 1.82) is 5.26 Å². The predicted molar refractivity (Wildman–Crippen MR) is 127 cm³/mol. The van der Waals surface area contributed by atoms with E-state index in [1.54, 1.807) is 0 Å². The molecule has 182 valence electrons. The number of pyridine rings is 1. The molecule has 0 atom stereocenters. The van der Waals surface area contributed by atoms with Gasteiger partial charge in [-0.05, 0) is 48.7 Å². The minimum absolute atomic E-state index is 0.0753. The molecule has 1 fully saturated rings. The number of rotatable bonds is 5. The van der Waals surface area contributed by atoms with E-state index in [9.17, 15) is 26.9 Å². The number of alkyl halides is 3. The summed E-state index contributed by atoms with van der Waals surface area (Å²) in [5, 5.41) is 10.1. The van der Waals surface area contributed by atoms with Crippen molar-refractivity contribution in [2.24, 2.45) is 0 Å². The van der Waals surface area contributed by atoms with Crippen LogP contribution in [-0.2, 0) is 21.6 Å². The van der Waals surface area contributed by atoms with E-state index in [2.05, 4.69) is 15.8 Å². The smallest absolute Gasteiger partial charge is 0.355 e. The summed E-state index contributed by atoms with van der Waals surface area (Å²) in [6.07, 6.45) is -2.11. The SMILES string of the molecule is N#CC1(c2ccccc2)CCN(c2ncc(NS(=O)(=O)c3ccc(C(F)(F)F)cc3)cc2Cl)CC1. The van der Waals surface area contributed by atoms with Crippen LogP contribution in [0, 0.1) is 11.3 Å². The third-order valence-electron chi connectivity index (χ3n) is 6.02. The van der Waals surface area contributed by atoms with Gasteiger partial charge >= 0.3 is 6.18 Å². The Balaban J connectivity index is 1.47. The van der Waals surface area contributed by atoms with Crippen LogP contribution in [-0.4, -0.2) is 26.5 Å². The van der Waals surface area contributed by atoms with Gasteiger partial charge in [-0.1, -0.05) is 41.9 Å². The number of aromatic nitrogens is 1. The van der Waals surface area contributed by atoms with Gasteiger partial charge in [-0.2, -0.15) is 18.4 Å².